The van der Waals surface area contributed by atoms with E-state index >= 15 is 0 Å². The highest BCUT2D eigenvalue weighted by atomic mass is 16.5. The molecule has 0 aromatic carbocycles. The molecule has 0 radical (unpaired) electrons. The molecule has 1 rings (SSSR count). The summed E-state index contributed by atoms with van der Waals surface area (Å²) in [4.78, 5) is 2.27. The van der Waals surface area contributed by atoms with Crippen molar-refractivity contribution in [1.82, 2.24) is 10.2 Å². The average molecular weight is 254 g/mol. The maximum absolute atomic E-state index is 5.32. The lowest BCUT2D eigenvalue weighted by atomic mass is 10.1. The van der Waals surface area contributed by atoms with Crippen molar-refractivity contribution in [2.75, 3.05) is 40.4 Å². The molecule has 1 atom stereocenters. The zero-order valence-electron chi connectivity index (χ0n) is 11.8. The third-order valence-corrected chi connectivity index (χ3v) is 3.07. The standard InChI is InChI=1S/C14H26N2O2/c1-13(6-7-14-5-4-11-18-14)15-8-9-16(2)10-12-17-3/h4-5,11,13,15H,6-10,12H2,1-3H3. The molecule has 1 heterocycles. The number of nitrogens with one attached hydrogen (secondary N) is 1. The topological polar surface area (TPSA) is 37.6 Å². The van der Waals surface area contributed by atoms with E-state index in [1.165, 1.54) is 0 Å². The molecule has 0 bridgehead atoms. The van der Waals surface area contributed by atoms with E-state index in [1.54, 1.807) is 13.4 Å². The number of furan rings is 1. The zero-order valence-corrected chi connectivity index (χ0v) is 11.8. The Kier molecular flexibility index (Phi) is 7.73. The predicted octanol–water partition coefficient (Wildman–Crippen LogP) is 1.77. The van der Waals surface area contributed by atoms with Crippen LogP contribution in [0.2, 0.25) is 0 Å². The molecule has 104 valence electrons. The third kappa shape index (κ3) is 6.79. The Morgan fingerprint density at radius 1 is 1.44 bits per heavy atom. The predicted molar refractivity (Wildman–Crippen MR) is 73.9 cm³/mol. The van der Waals surface area contributed by atoms with Crippen LogP contribution < -0.4 is 5.32 Å². The Morgan fingerprint density at radius 3 is 2.94 bits per heavy atom. The van der Waals surface area contributed by atoms with Gasteiger partial charge in [-0.1, -0.05) is 0 Å². The van der Waals surface area contributed by atoms with Crippen LogP contribution in [0, 0.1) is 0 Å². The first-order valence-electron chi connectivity index (χ1n) is 6.65. The molecule has 0 aliphatic rings. The lowest BCUT2D eigenvalue weighted by molar-refractivity contribution is 0.161. The normalized spacial score (nSPS) is 13.1. The molecule has 0 saturated heterocycles. The largest absolute Gasteiger partial charge is 0.469 e. The summed E-state index contributed by atoms with van der Waals surface area (Å²) in [5, 5.41) is 3.53. The Hall–Kier alpha value is -0.840. The third-order valence-electron chi connectivity index (χ3n) is 3.07. The number of methoxy groups -OCH3 is 1. The van der Waals surface area contributed by atoms with Crippen LogP contribution in [0.3, 0.4) is 0 Å². The first-order chi connectivity index (χ1) is 8.72. The van der Waals surface area contributed by atoms with Crippen LogP contribution in [0.25, 0.3) is 0 Å². The van der Waals surface area contributed by atoms with E-state index in [4.69, 9.17) is 9.15 Å². The van der Waals surface area contributed by atoms with Crippen molar-refractivity contribution < 1.29 is 9.15 Å². The number of likely N-dealkylation sites (N-methyl/N-ethyl adjacent to an activating group) is 1. The summed E-state index contributed by atoms with van der Waals surface area (Å²) < 4.78 is 10.4. The van der Waals surface area contributed by atoms with Crippen LogP contribution in [-0.4, -0.2) is 51.3 Å². The summed E-state index contributed by atoms with van der Waals surface area (Å²) >= 11 is 0. The first kappa shape index (κ1) is 15.2. The number of aryl methyl sites for hydroxylation is 1. The van der Waals surface area contributed by atoms with E-state index in [0.29, 0.717) is 6.04 Å². The van der Waals surface area contributed by atoms with Gasteiger partial charge in [0, 0.05) is 39.2 Å². The molecule has 1 aromatic heterocycles. The maximum Gasteiger partial charge on any atom is 0.103 e. The summed E-state index contributed by atoms with van der Waals surface area (Å²) in [5.74, 6) is 1.07. The van der Waals surface area contributed by atoms with Gasteiger partial charge in [0.15, 0.2) is 0 Å². The van der Waals surface area contributed by atoms with Crippen LogP contribution >= 0.6 is 0 Å². The number of rotatable bonds is 10. The Morgan fingerprint density at radius 2 is 2.28 bits per heavy atom. The minimum Gasteiger partial charge on any atom is -0.469 e. The lowest BCUT2D eigenvalue weighted by Crippen LogP contribution is -2.35. The molecule has 0 fully saturated rings. The molecule has 1 N–H and O–H groups in total. The highest BCUT2D eigenvalue weighted by molar-refractivity contribution is 4.98. The SMILES string of the molecule is COCCN(C)CCNC(C)CCc1ccco1. The molecular weight excluding hydrogens is 228 g/mol. The summed E-state index contributed by atoms with van der Waals surface area (Å²) in [6, 6.07) is 4.50. The smallest absolute Gasteiger partial charge is 0.103 e. The lowest BCUT2D eigenvalue weighted by Gasteiger charge is -2.18. The second-order valence-electron chi connectivity index (χ2n) is 4.77. The van der Waals surface area contributed by atoms with E-state index in [9.17, 15) is 0 Å². The van der Waals surface area contributed by atoms with Gasteiger partial charge in [-0.2, -0.15) is 0 Å². The van der Waals surface area contributed by atoms with Crippen molar-refractivity contribution in [3.8, 4) is 0 Å². The molecule has 4 heteroatoms. The van der Waals surface area contributed by atoms with Gasteiger partial charge in [-0.3, -0.25) is 0 Å². The van der Waals surface area contributed by atoms with Gasteiger partial charge < -0.3 is 19.4 Å². The number of hydrogen-bond acceptors (Lipinski definition) is 4. The molecule has 0 saturated carbocycles. The summed E-state index contributed by atoms with van der Waals surface area (Å²) in [6.45, 7) is 6.07. The van der Waals surface area contributed by atoms with E-state index < -0.39 is 0 Å². The average Bonchev–Trinajstić information content (AvgIpc) is 2.87. The molecule has 1 aromatic rings. The molecule has 0 spiro atoms. The zero-order chi connectivity index (χ0) is 13.2. The summed E-state index contributed by atoms with van der Waals surface area (Å²) in [6.07, 6.45) is 3.84. The quantitative estimate of drug-likeness (QED) is 0.690. The fourth-order valence-corrected chi connectivity index (χ4v) is 1.78. The minimum absolute atomic E-state index is 0.519. The minimum atomic E-state index is 0.519. The van der Waals surface area contributed by atoms with Gasteiger partial charge in [-0.05, 0) is 32.5 Å². The van der Waals surface area contributed by atoms with E-state index in [2.05, 4.69) is 24.2 Å². The molecule has 18 heavy (non-hydrogen) atoms. The van der Waals surface area contributed by atoms with Crippen molar-refractivity contribution in [1.29, 1.82) is 0 Å². The van der Waals surface area contributed by atoms with E-state index in [0.717, 1.165) is 44.8 Å². The van der Waals surface area contributed by atoms with Crippen molar-refractivity contribution >= 4 is 0 Å². The molecule has 0 amide bonds. The maximum atomic E-state index is 5.32. The molecular formula is C14H26N2O2. The molecule has 0 aliphatic carbocycles. The fourth-order valence-electron chi connectivity index (χ4n) is 1.78. The second kappa shape index (κ2) is 9.14. The van der Waals surface area contributed by atoms with Gasteiger partial charge in [0.2, 0.25) is 0 Å². The van der Waals surface area contributed by atoms with Gasteiger partial charge in [-0.25, -0.2) is 0 Å². The molecule has 1 unspecified atom stereocenters. The van der Waals surface area contributed by atoms with Crippen LogP contribution in [0.5, 0.6) is 0 Å². The van der Waals surface area contributed by atoms with Crippen molar-refractivity contribution in [2.24, 2.45) is 0 Å². The Bertz CT molecular complexity index is 288. The van der Waals surface area contributed by atoms with E-state index in [1.807, 2.05) is 12.1 Å². The highest BCUT2D eigenvalue weighted by Crippen LogP contribution is 2.05. The van der Waals surface area contributed by atoms with Crippen LogP contribution in [0.15, 0.2) is 22.8 Å². The number of hydrogen-bond donors (Lipinski definition) is 1. The van der Waals surface area contributed by atoms with Gasteiger partial charge in [0.25, 0.3) is 0 Å². The van der Waals surface area contributed by atoms with Crippen molar-refractivity contribution in [2.45, 2.75) is 25.8 Å². The monoisotopic (exact) mass is 254 g/mol. The van der Waals surface area contributed by atoms with Crippen LogP contribution in [-0.2, 0) is 11.2 Å². The van der Waals surface area contributed by atoms with Gasteiger partial charge >= 0.3 is 0 Å². The summed E-state index contributed by atoms with van der Waals surface area (Å²) in [5.41, 5.74) is 0. The second-order valence-corrected chi connectivity index (χ2v) is 4.77. The number of nitrogens with zero attached hydrogens (tertiary/aromatic N) is 1. The van der Waals surface area contributed by atoms with Gasteiger partial charge in [-0.15, -0.1) is 0 Å². The molecule has 4 nitrogen and oxygen atoms in total. The fraction of sp³-hybridized carbons (Fsp3) is 0.714. The Labute approximate surface area is 110 Å². The summed E-state index contributed by atoms with van der Waals surface area (Å²) in [7, 11) is 3.86. The Balaban J connectivity index is 2.01. The van der Waals surface area contributed by atoms with Gasteiger partial charge in [0.1, 0.15) is 5.76 Å². The van der Waals surface area contributed by atoms with Gasteiger partial charge in [0.05, 0.1) is 12.9 Å². The molecule has 0 aliphatic heterocycles. The van der Waals surface area contributed by atoms with Crippen LogP contribution in [0.1, 0.15) is 19.1 Å². The van der Waals surface area contributed by atoms with Crippen LogP contribution in [0.4, 0.5) is 0 Å². The van der Waals surface area contributed by atoms with Crippen molar-refractivity contribution in [3.63, 3.8) is 0 Å². The van der Waals surface area contributed by atoms with Crippen molar-refractivity contribution in [3.05, 3.63) is 24.2 Å². The number of ether oxygens (including phenoxy) is 1. The first-order valence-corrected chi connectivity index (χ1v) is 6.65. The highest BCUT2D eigenvalue weighted by Gasteiger charge is 2.04. The van der Waals surface area contributed by atoms with E-state index in [-0.39, 0.29) is 0 Å².